The number of nitrogens with zero attached hydrogens (tertiary/aromatic N) is 2. The van der Waals surface area contributed by atoms with E-state index >= 15 is 0 Å². The molecular weight excluding hydrogens is 417 g/mol. The summed E-state index contributed by atoms with van der Waals surface area (Å²) in [4.78, 5) is 17.4. The van der Waals surface area contributed by atoms with Crippen LogP contribution in [0.2, 0.25) is 10.0 Å². The fraction of sp³-hybridized carbons (Fsp3) is 0.167. The van der Waals surface area contributed by atoms with Gasteiger partial charge in [-0.3, -0.25) is 4.79 Å². The summed E-state index contributed by atoms with van der Waals surface area (Å²) >= 11 is 12.5. The number of hydrogen-bond donors (Lipinski definition) is 1. The van der Waals surface area contributed by atoms with Gasteiger partial charge in [-0.1, -0.05) is 71.7 Å². The van der Waals surface area contributed by atoms with Crippen LogP contribution in [0.4, 0.5) is 0 Å². The summed E-state index contributed by atoms with van der Waals surface area (Å²) in [5.74, 6) is 0.737. The highest BCUT2D eigenvalue weighted by Gasteiger charge is 2.19. The first-order valence-corrected chi connectivity index (χ1v) is 10.5. The predicted octanol–water partition coefficient (Wildman–Crippen LogP) is 5.81. The lowest BCUT2D eigenvalue weighted by molar-refractivity contribution is -0.121. The third-order valence-electron chi connectivity index (χ3n) is 5.00. The van der Waals surface area contributed by atoms with Gasteiger partial charge in [0.2, 0.25) is 5.91 Å². The Labute approximate surface area is 185 Å². The van der Waals surface area contributed by atoms with Crippen LogP contribution in [0.15, 0.2) is 72.8 Å². The summed E-state index contributed by atoms with van der Waals surface area (Å²) in [6, 6.07) is 22.8. The maximum atomic E-state index is 12.6. The van der Waals surface area contributed by atoms with Crippen molar-refractivity contribution >= 4 is 40.1 Å². The van der Waals surface area contributed by atoms with Crippen LogP contribution in [0.3, 0.4) is 0 Å². The molecule has 1 atom stereocenters. The number of para-hydroxylation sites is 2. The first-order valence-electron chi connectivity index (χ1n) is 9.73. The minimum atomic E-state index is -0.264. The number of carbonyl (C=O) groups excluding carboxylic acids is 1. The normalized spacial score (nSPS) is 12.1. The van der Waals surface area contributed by atoms with Crippen LogP contribution >= 0.6 is 23.2 Å². The molecule has 6 heteroatoms. The molecule has 0 saturated carbocycles. The first-order chi connectivity index (χ1) is 14.5. The molecule has 1 heterocycles. The zero-order valence-corrected chi connectivity index (χ0v) is 18.0. The zero-order valence-electron chi connectivity index (χ0n) is 16.5. The minimum Gasteiger partial charge on any atom is -0.346 e. The Morgan fingerprint density at radius 1 is 1.03 bits per heavy atom. The van der Waals surface area contributed by atoms with Crippen LogP contribution in [0.1, 0.15) is 29.9 Å². The molecular formula is C24H21Cl2N3O. The fourth-order valence-electron chi connectivity index (χ4n) is 3.55. The number of halogens is 2. The van der Waals surface area contributed by atoms with Crippen molar-refractivity contribution in [2.24, 2.45) is 0 Å². The van der Waals surface area contributed by atoms with Crippen molar-refractivity contribution in [1.82, 2.24) is 14.9 Å². The Morgan fingerprint density at radius 3 is 2.53 bits per heavy atom. The number of benzene rings is 3. The molecule has 4 nitrogen and oxygen atoms in total. The van der Waals surface area contributed by atoms with Crippen LogP contribution < -0.4 is 5.32 Å². The van der Waals surface area contributed by atoms with Crippen molar-refractivity contribution in [1.29, 1.82) is 0 Å². The van der Waals surface area contributed by atoms with Gasteiger partial charge in [0.1, 0.15) is 5.82 Å². The summed E-state index contributed by atoms with van der Waals surface area (Å²) < 4.78 is 2.10. The number of rotatable bonds is 6. The molecule has 1 aromatic heterocycles. The molecule has 0 aliphatic carbocycles. The molecule has 0 aliphatic heterocycles. The molecule has 0 fully saturated rings. The van der Waals surface area contributed by atoms with Crippen LogP contribution in [0.5, 0.6) is 0 Å². The Balaban J connectivity index is 1.63. The van der Waals surface area contributed by atoms with Crippen LogP contribution in [-0.4, -0.2) is 15.5 Å². The van der Waals surface area contributed by atoms with Gasteiger partial charge >= 0.3 is 0 Å². The molecule has 3 aromatic carbocycles. The van der Waals surface area contributed by atoms with Crippen LogP contribution in [0, 0.1) is 0 Å². The van der Waals surface area contributed by atoms with E-state index in [1.165, 1.54) is 0 Å². The average molecular weight is 438 g/mol. The molecule has 1 unspecified atom stereocenters. The number of hydrogen-bond acceptors (Lipinski definition) is 2. The molecule has 4 rings (SSSR count). The van der Waals surface area contributed by atoms with Crippen molar-refractivity contribution in [2.45, 2.75) is 25.9 Å². The minimum absolute atomic E-state index is 0.0446. The Bertz CT molecular complexity index is 1190. The molecule has 1 N–H and O–H groups in total. The van der Waals surface area contributed by atoms with E-state index in [4.69, 9.17) is 28.2 Å². The predicted molar refractivity (Wildman–Crippen MR) is 122 cm³/mol. The highest BCUT2D eigenvalue weighted by Crippen LogP contribution is 2.26. The van der Waals surface area contributed by atoms with Gasteiger partial charge in [-0.2, -0.15) is 0 Å². The molecule has 1 amide bonds. The molecule has 30 heavy (non-hydrogen) atoms. The topological polar surface area (TPSA) is 46.9 Å². The monoisotopic (exact) mass is 437 g/mol. The van der Waals surface area contributed by atoms with E-state index in [0.717, 1.165) is 28.0 Å². The number of aromatic nitrogens is 2. The second-order valence-electron chi connectivity index (χ2n) is 7.23. The van der Waals surface area contributed by atoms with Gasteiger partial charge in [-0.05, 0) is 42.3 Å². The van der Waals surface area contributed by atoms with Crippen molar-refractivity contribution < 1.29 is 4.79 Å². The molecule has 0 bridgehead atoms. The van der Waals surface area contributed by atoms with Gasteiger partial charge in [-0.15, -0.1) is 0 Å². The first kappa shape index (κ1) is 20.5. The summed E-state index contributed by atoms with van der Waals surface area (Å²) in [5, 5.41) is 4.28. The maximum Gasteiger partial charge on any atom is 0.224 e. The van der Waals surface area contributed by atoms with Gasteiger partial charge < -0.3 is 9.88 Å². The van der Waals surface area contributed by atoms with Crippen LogP contribution in [0.25, 0.3) is 11.0 Å². The molecule has 0 spiro atoms. The number of nitrogens with one attached hydrogen (secondary N) is 1. The molecule has 152 valence electrons. The van der Waals surface area contributed by atoms with Gasteiger partial charge in [0, 0.05) is 10.0 Å². The standard InChI is InChI=1S/C24H21Cl2N3O/c1-16(27-23(30)13-17-7-3-2-4-8-17)24-28-21-9-5-6-10-22(21)29(24)15-18-11-12-19(25)14-20(18)26/h2-12,14,16H,13,15H2,1H3,(H,27,30). The third kappa shape index (κ3) is 4.50. The molecule has 0 radical (unpaired) electrons. The van der Waals surface area contributed by atoms with E-state index in [1.807, 2.05) is 73.7 Å². The lowest BCUT2D eigenvalue weighted by Crippen LogP contribution is -2.30. The Morgan fingerprint density at radius 2 is 1.77 bits per heavy atom. The fourth-order valence-corrected chi connectivity index (χ4v) is 4.02. The summed E-state index contributed by atoms with van der Waals surface area (Å²) in [5.41, 5.74) is 3.78. The van der Waals surface area contributed by atoms with Crippen LogP contribution in [-0.2, 0) is 17.8 Å². The van der Waals surface area contributed by atoms with Gasteiger partial charge in [0.25, 0.3) is 0 Å². The number of fused-ring (bicyclic) bond motifs is 1. The van der Waals surface area contributed by atoms with Crippen molar-refractivity contribution in [3.63, 3.8) is 0 Å². The number of amides is 1. The van der Waals surface area contributed by atoms with Crippen molar-refractivity contribution in [2.75, 3.05) is 0 Å². The van der Waals surface area contributed by atoms with E-state index in [0.29, 0.717) is 23.0 Å². The number of imidazole rings is 1. The van der Waals surface area contributed by atoms with Gasteiger partial charge in [-0.25, -0.2) is 4.98 Å². The van der Waals surface area contributed by atoms with Crippen molar-refractivity contribution in [3.8, 4) is 0 Å². The quantitative estimate of drug-likeness (QED) is 0.413. The summed E-state index contributed by atoms with van der Waals surface area (Å²) in [6.07, 6.45) is 0.328. The average Bonchev–Trinajstić information content (AvgIpc) is 3.09. The molecule has 4 aromatic rings. The van der Waals surface area contributed by atoms with E-state index in [9.17, 15) is 4.79 Å². The van der Waals surface area contributed by atoms with E-state index in [1.54, 1.807) is 6.07 Å². The molecule has 0 aliphatic rings. The van der Waals surface area contributed by atoms with Crippen molar-refractivity contribution in [3.05, 3.63) is 99.8 Å². The third-order valence-corrected chi connectivity index (χ3v) is 5.59. The van der Waals surface area contributed by atoms with E-state index < -0.39 is 0 Å². The lowest BCUT2D eigenvalue weighted by Gasteiger charge is -2.17. The SMILES string of the molecule is CC(NC(=O)Cc1ccccc1)c1nc2ccccc2n1Cc1ccc(Cl)cc1Cl. The summed E-state index contributed by atoms with van der Waals surface area (Å²) in [6.45, 7) is 2.48. The van der Waals surface area contributed by atoms with Gasteiger partial charge in [0.05, 0.1) is 30.0 Å². The second kappa shape index (κ2) is 8.90. The van der Waals surface area contributed by atoms with Gasteiger partial charge in [0.15, 0.2) is 0 Å². The Hall–Kier alpha value is -2.82. The molecule has 0 saturated heterocycles. The van der Waals surface area contributed by atoms with E-state index in [-0.39, 0.29) is 11.9 Å². The summed E-state index contributed by atoms with van der Waals surface area (Å²) in [7, 11) is 0. The highest BCUT2D eigenvalue weighted by molar-refractivity contribution is 6.35. The highest BCUT2D eigenvalue weighted by atomic mass is 35.5. The largest absolute Gasteiger partial charge is 0.346 e. The number of carbonyl (C=O) groups is 1. The van der Waals surface area contributed by atoms with E-state index in [2.05, 4.69) is 9.88 Å². The Kier molecular flexibility index (Phi) is 6.07. The second-order valence-corrected chi connectivity index (χ2v) is 8.08. The lowest BCUT2D eigenvalue weighted by atomic mass is 10.1. The maximum absolute atomic E-state index is 12.6. The zero-order chi connectivity index (χ0) is 21.1. The smallest absolute Gasteiger partial charge is 0.224 e.